The minimum absolute atomic E-state index is 0.474. The average Bonchev–Trinajstić information content (AvgIpc) is 2.40. The van der Waals surface area contributed by atoms with Crippen molar-refractivity contribution in [3.05, 3.63) is 58.7 Å². The van der Waals surface area contributed by atoms with Crippen LogP contribution in [0.5, 0.6) is 5.75 Å². The number of nitriles is 1. The van der Waals surface area contributed by atoms with Gasteiger partial charge in [0.25, 0.3) is 0 Å². The fourth-order valence-electron chi connectivity index (χ4n) is 1.86. The maximum absolute atomic E-state index is 8.83. The molecule has 0 amide bonds. The van der Waals surface area contributed by atoms with E-state index in [1.54, 1.807) is 6.07 Å². The first-order valence-electron chi connectivity index (χ1n) is 6.08. The van der Waals surface area contributed by atoms with Gasteiger partial charge in [0, 0.05) is 11.8 Å². The number of hydrogen-bond acceptors (Lipinski definition) is 3. The van der Waals surface area contributed by atoms with Crippen molar-refractivity contribution in [1.29, 1.82) is 5.26 Å². The Morgan fingerprint density at radius 3 is 2.58 bits per heavy atom. The molecule has 0 bridgehead atoms. The molecule has 0 atom stereocenters. The van der Waals surface area contributed by atoms with E-state index in [2.05, 4.69) is 6.07 Å². The van der Waals surface area contributed by atoms with E-state index >= 15 is 0 Å². The van der Waals surface area contributed by atoms with Crippen LogP contribution in [0.4, 0.5) is 5.69 Å². The molecule has 0 fully saturated rings. The Morgan fingerprint density at radius 1 is 1.11 bits per heavy atom. The third-order valence-electron chi connectivity index (χ3n) is 3.07. The summed E-state index contributed by atoms with van der Waals surface area (Å²) in [4.78, 5) is 0. The fourth-order valence-corrected chi connectivity index (χ4v) is 1.86. The monoisotopic (exact) mass is 252 g/mol. The predicted molar refractivity (Wildman–Crippen MR) is 75.8 cm³/mol. The summed E-state index contributed by atoms with van der Waals surface area (Å²) in [6.45, 7) is 4.44. The third-order valence-corrected chi connectivity index (χ3v) is 3.07. The van der Waals surface area contributed by atoms with Crippen LogP contribution in [0, 0.1) is 25.2 Å². The lowest BCUT2D eigenvalue weighted by Gasteiger charge is -2.11. The Labute approximate surface area is 113 Å². The number of aryl methyl sites for hydroxylation is 2. The van der Waals surface area contributed by atoms with Gasteiger partial charge in [-0.25, -0.2) is 0 Å². The summed E-state index contributed by atoms with van der Waals surface area (Å²) in [5.74, 6) is 0.795. The standard InChI is InChI=1S/C16H16N2O/c1-11-3-6-15(18)8-16(11)19-10-14-5-4-13(9-17)7-12(14)2/h3-8H,10,18H2,1-2H3. The van der Waals surface area contributed by atoms with Crippen molar-refractivity contribution in [1.82, 2.24) is 0 Å². The van der Waals surface area contributed by atoms with Gasteiger partial charge in [-0.15, -0.1) is 0 Å². The number of hydrogen-bond donors (Lipinski definition) is 1. The molecular formula is C16H16N2O. The first-order valence-corrected chi connectivity index (χ1v) is 6.08. The van der Waals surface area contributed by atoms with E-state index in [-0.39, 0.29) is 0 Å². The highest BCUT2D eigenvalue weighted by atomic mass is 16.5. The Hall–Kier alpha value is -2.47. The molecule has 2 aromatic rings. The molecule has 0 saturated heterocycles. The normalized spacial score (nSPS) is 9.95. The molecule has 0 radical (unpaired) electrons. The summed E-state index contributed by atoms with van der Waals surface area (Å²) in [7, 11) is 0. The highest BCUT2D eigenvalue weighted by molar-refractivity contribution is 5.48. The molecule has 2 rings (SSSR count). The maximum Gasteiger partial charge on any atom is 0.124 e. The highest BCUT2D eigenvalue weighted by Crippen LogP contribution is 2.22. The molecule has 0 aliphatic rings. The topological polar surface area (TPSA) is 59.0 Å². The summed E-state index contributed by atoms with van der Waals surface area (Å²) < 4.78 is 5.80. The zero-order valence-electron chi connectivity index (χ0n) is 11.1. The quantitative estimate of drug-likeness (QED) is 0.852. The third kappa shape index (κ3) is 3.05. The first kappa shape index (κ1) is 13.0. The van der Waals surface area contributed by atoms with Gasteiger partial charge in [-0.05, 0) is 48.7 Å². The second-order valence-corrected chi connectivity index (χ2v) is 4.57. The van der Waals surface area contributed by atoms with Gasteiger partial charge >= 0.3 is 0 Å². The number of ether oxygens (including phenoxy) is 1. The minimum Gasteiger partial charge on any atom is -0.489 e. The van der Waals surface area contributed by atoms with Gasteiger partial charge in [-0.1, -0.05) is 12.1 Å². The summed E-state index contributed by atoms with van der Waals surface area (Å²) >= 11 is 0. The molecule has 3 heteroatoms. The van der Waals surface area contributed by atoms with Gasteiger partial charge in [-0.2, -0.15) is 5.26 Å². The Kier molecular flexibility index (Phi) is 3.72. The van der Waals surface area contributed by atoms with Gasteiger partial charge in [0.05, 0.1) is 11.6 Å². The van der Waals surface area contributed by atoms with E-state index in [1.807, 2.05) is 44.2 Å². The van der Waals surface area contributed by atoms with Gasteiger partial charge in [0.15, 0.2) is 0 Å². The zero-order valence-corrected chi connectivity index (χ0v) is 11.1. The van der Waals surface area contributed by atoms with Crippen LogP contribution >= 0.6 is 0 Å². The van der Waals surface area contributed by atoms with Crippen LogP contribution in [0.2, 0.25) is 0 Å². The Bertz CT molecular complexity index is 642. The molecule has 2 aromatic carbocycles. The number of rotatable bonds is 3. The lowest BCUT2D eigenvalue weighted by Crippen LogP contribution is -2.00. The van der Waals surface area contributed by atoms with E-state index in [9.17, 15) is 0 Å². The molecule has 0 aromatic heterocycles. The van der Waals surface area contributed by atoms with Gasteiger partial charge in [-0.3, -0.25) is 0 Å². The molecule has 3 nitrogen and oxygen atoms in total. The van der Waals surface area contributed by atoms with E-state index in [0.29, 0.717) is 17.9 Å². The molecule has 96 valence electrons. The molecule has 19 heavy (non-hydrogen) atoms. The SMILES string of the molecule is Cc1cc(C#N)ccc1COc1cc(N)ccc1C. The zero-order chi connectivity index (χ0) is 13.8. The fraction of sp³-hybridized carbons (Fsp3) is 0.188. The summed E-state index contributed by atoms with van der Waals surface area (Å²) in [5.41, 5.74) is 10.3. The van der Waals surface area contributed by atoms with Crippen LogP contribution in [0.25, 0.3) is 0 Å². The minimum atomic E-state index is 0.474. The highest BCUT2D eigenvalue weighted by Gasteiger charge is 2.04. The number of anilines is 1. The van der Waals surface area contributed by atoms with Crippen LogP contribution < -0.4 is 10.5 Å². The second-order valence-electron chi connectivity index (χ2n) is 4.57. The summed E-state index contributed by atoms with van der Waals surface area (Å²) in [6, 6.07) is 13.3. The molecule has 0 aliphatic carbocycles. The van der Waals surface area contributed by atoms with Gasteiger partial charge in [0.2, 0.25) is 0 Å². The number of nitrogens with two attached hydrogens (primary N) is 1. The van der Waals surface area contributed by atoms with Crippen molar-refractivity contribution >= 4 is 5.69 Å². The molecule has 0 spiro atoms. The van der Waals surface area contributed by atoms with E-state index in [1.165, 1.54) is 0 Å². The summed E-state index contributed by atoms with van der Waals surface area (Å²) in [6.07, 6.45) is 0. The molecule has 0 aliphatic heterocycles. The maximum atomic E-state index is 8.83. The van der Waals surface area contributed by atoms with Crippen LogP contribution in [0.1, 0.15) is 22.3 Å². The number of benzene rings is 2. The lowest BCUT2D eigenvalue weighted by atomic mass is 10.1. The van der Waals surface area contributed by atoms with Crippen molar-refractivity contribution in [3.63, 3.8) is 0 Å². The average molecular weight is 252 g/mol. The number of nitrogen functional groups attached to an aromatic ring is 1. The van der Waals surface area contributed by atoms with Crippen molar-refractivity contribution in [3.8, 4) is 11.8 Å². The Balaban J connectivity index is 2.15. The number of nitrogens with zero attached hydrogens (tertiary/aromatic N) is 1. The van der Waals surface area contributed by atoms with Crippen LogP contribution in [0.15, 0.2) is 36.4 Å². The van der Waals surface area contributed by atoms with Gasteiger partial charge < -0.3 is 10.5 Å². The first-order chi connectivity index (χ1) is 9.10. The second kappa shape index (κ2) is 5.45. The molecule has 2 N–H and O–H groups in total. The molecule has 0 saturated carbocycles. The van der Waals surface area contributed by atoms with Crippen molar-refractivity contribution in [2.75, 3.05) is 5.73 Å². The van der Waals surface area contributed by atoms with Crippen molar-refractivity contribution in [2.45, 2.75) is 20.5 Å². The van der Waals surface area contributed by atoms with E-state index in [4.69, 9.17) is 15.7 Å². The molecular weight excluding hydrogens is 236 g/mol. The Morgan fingerprint density at radius 2 is 1.89 bits per heavy atom. The molecule has 0 unspecified atom stereocenters. The summed E-state index contributed by atoms with van der Waals surface area (Å²) in [5, 5.41) is 8.83. The van der Waals surface area contributed by atoms with Crippen LogP contribution in [-0.2, 0) is 6.61 Å². The van der Waals surface area contributed by atoms with Crippen molar-refractivity contribution < 1.29 is 4.74 Å². The smallest absolute Gasteiger partial charge is 0.124 e. The van der Waals surface area contributed by atoms with Crippen LogP contribution in [-0.4, -0.2) is 0 Å². The largest absolute Gasteiger partial charge is 0.489 e. The van der Waals surface area contributed by atoms with E-state index in [0.717, 1.165) is 22.4 Å². The van der Waals surface area contributed by atoms with E-state index < -0.39 is 0 Å². The van der Waals surface area contributed by atoms with Gasteiger partial charge in [0.1, 0.15) is 12.4 Å². The van der Waals surface area contributed by atoms with Crippen LogP contribution in [0.3, 0.4) is 0 Å². The molecule has 0 heterocycles. The lowest BCUT2D eigenvalue weighted by molar-refractivity contribution is 0.303. The predicted octanol–water partition coefficient (Wildman–Crippen LogP) is 3.34. The van der Waals surface area contributed by atoms with Crippen molar-refractivity contribution in [2.24, 2.45) is 0 Å².